The number of nitrogens with zero attached hydrogens (tertiary/aromatic N) is 1. The molecule has 5 aromatic rings. The van der Waals surface area contributed by atoms with Gasteiger partial charge in [-0.1, -0.05) is 48.5 Å². The van der Waals surface area contributed by atoms with Gasteiger partial charge in [-0.3, -0.25) is 0 Å². The molecular weight excluding hydrogens is 424 g/mol. The molecule has 168 valence electrons. The van der Waals surface area contributed by atoms with Crippen LogP contribution in [0.5, 0.6) is 23.0 Å². The van der Waals surface area contributed by atoms with E-state index in [4.69, 9.17) is 14.2 Å². The first kappa shape index (κ1) is 21.3. The quantitative estimate of drug-likeness (QED) is 0.263. The molecule has 0 saturated heterocycles. The Balaban J connectivity index is 1.15. The predicted octanol–water partition coefficient (Wildman–Crippen LogP) is 7.03. The van der Waals surface area contributed by atoms with Crippen molar-refractivity contribution in [3.8, 4) is 34.3 Å². The normalized spacial score (nSPS) is 10.6. The van der Waals surface area contributed by atoms with E-state index in [9.17, 15) is 0 Å². The average molecular weight is 449 g/mol. The zero-order valence-corrected chi connectivity index (χ0v) is 18.6. The molecule has 0 radical (unpaired) electrons. The van der Waals surface area contributed by atoms with Gasteiger partial charge < -0.3 is 19.2 Å². The summed E-state index contributed by atoms with van der Waals surface area (Å²) < 4.78 is 17.6. The summed E-state index contributed by atoms with van der Waals surface area (Å²) in [6.07, 6.45) is 1.88. The monoisotopic (exact) mass is 448 g/mol. The Labute approximate surface area is 198 Å². The number of hydrogen-bond donors (Lipinski definition) is 1. The number of hydrogen-bond acceptors (Lipinski definition) is 4. The van der Waals surface area contributed by atoms with Crippen molar-refractivity contribution in [2.45, 2.75) is 13.2 Å². The maximum atomic E-state index is 5.98. The molecule has 0 bridgehead atoms. The van der Waals surface area contributed by atoms with Crippen LogP contribution in [0.3, 0.4) is 0 Å². The Bertz CT molecular complexity index is 1300. The second-order valence-electron chi connectivity index (χ2n) is 7.71. The van der Waals surface area contributed by atoms with E-state index < -0.39 is 0 Å². The average Bonchev–Trinajstić information content (AvgIpc) is 3.38. The SMILES string of the molecule is c1ccc(COc2ccc(Oc3ccc(-c4c[nH]c(COc5ccccc5)n4)cc3)cc2)cc1. The third kappa shape index (κ3) is 5.64. The topological polar surface area (TPSA) is 56.4 Å². The molecule has 1 N–H and O–H groups in total. The van der Waals surface area contributed by atoms with Gasteiger partial charge in [-0.25, -0.2) is 4.98 Å². The fraction of sp³-hybridized carbons (Fsp3) is 0.0690. The molecular formula is C29H24N2O3. The molecule has 5 heteroatoms. The lowest BCUT2D eigenvalue weighted by Crippen LogP contribution is -1.97. The maximum absolute atomic E-state index is 5.98. The molecule has 0 fully saturated rings. The van der Waals surface area contributed by atoms with Gasteiger partial charge in [0, 0.05) is 11.8 Å². The van der Waals surface area contributed by atoms with Crippen molar-refractivity contribution in [1.29, 1.82) is 0 Å². The summed E-state index contributed by atoms with van der Waals surface area (Å²) in [5.41, 5.74) is 2.99. The van der Waals surface area contributed by atoms with Gasteiger partial charge in [0.1, 0.15) is 42.0 Å². The molecule has 1 aromatic heterocycles. The third-order valence-electron chi connectivity index (χ3n) is 5.21. The van der Waals surface area contributed by atoms with Crippen LogP contribution in [-0.4, -0.2) is 9.97 Å². The van der Waals surface area contributed by atoms with Crippen molar-refractivity contribution < 1.29 is 14.2 Å². The molecule has 0 spiro atoms. The number of benzene rings is 4. The molecule has 5 nitrogen and oxygen atoms in total. The van der Waals surface area contributed by atoms with Gasteiger partial charge in [0.15, 0.2) is 0 Å². The zero-order chi connectivity index (χ0) is 23.0. The van der Waals surface area contributed by atoms with E-state index >= 15 is 0 Å². The van der Waals surface area contributed by atoms with Crippen LogP contribution in [0.1, 0.15) is 11.4 Å². The standard InChI is InChI=1S/C29H24N2O3/c1-3-7-22(8-4-1)20-32-25-15-17-27(18-16-25)34-26-13-11-23(12-14-26)28-19-30-29(31-28)21-33-24-9-5-2-6-10-24/h1-19H,20-21H2,(H,30,31). The van der Waals surface area contributed by atoms with Crippen LogP contribution in [0.25, 0.3) is 11.3 Å². The zero-order valence-electron chi connectivity index (χ0n) is 18.6. The highest BCUT2D eigenvalue weighted by atomic mass is 16.5. The van der Waals surface area contributed by atoms with Crippen LogP contribution in [0.4, 0.5) is 0 Å². The van der Waals surface area contributed by atoms with E-state index in [1.165, 1.54) is 0 Å². The van der Waals surface area contributed by atoms with Crippen LogP contribution < -0.4 is 14.2 Å². The van der Waals surface area contributed by atoms with Gasteiger partial charge in [0.05, 0.1) is 5.69 Å². The highest BCUT2D eigenvalue weighted by Gasteiger charge is 2.06. The van der Waals surface area contributed by atoms with E-state index in [2.05, 4.69) is 9.97 Å². The Morgan fingerprint density at radius 3 is 1.82 bits per heavy atom. The Kier molecular flexibility index (Phi) is 6.53. The summed E-state index contributed by atoms with van der Waals surface area (Å²) in [5, 5.41) is 0. The van der Waals surface area contributed by atoms with E-state index in [1.54, 1.807) is 0 Å². The highest BCUT2D eigenvalue weighted by Crippen LogP contribution is 2.27. The largest absolute Gasteiger partial charge is 0.489 e. The van der Waals surface area contributed by atoms with Crippen LogP contribution in [0, 0.1) is 0 Å². The van der Waals surface area contributed by atoms with Crippen molar-refractivity contribution in [1.82, 2.24) is 9.97 Å². The summed E-state index contributed by atoms with van der Waals surface area (Å²) >= 11 is 0. The van der Waals surface area contributed by atoms with E-state index in [1.807, 2.05) is 115 Å². The molecule has 34 heavy (non-hydrogen) atoms. The number of imidazole rings is 1. The fourth-order valence-electron chi connectivity index (χ4n) is 3.43. The molecule has 0 aliphatic carbocycles. The van der Waals surface area contributed by atoms with Gasteiger partial charge >= 0.3 is 0 Å². The number of H-pyrrole nitrogens is 1. The van der Waals surface area contributed by atoms with Gasteiger partial charge in [0.2, 0.25) is 0 Å². The van der Waals surface area contributed by atoms with E-state index in [0.717, 1.165) is 45.6 Å². The van der Waals surface area contributed by atoms with Crippen molar-refractivity contribution in [3.05, 3.63) is 127 Å². The minimum atomic E-state index is 0.385. The molecule has 4 aromatic carbocycles. The molecule has 0 aliphatic heterocycles. The Hall–Kier alpha value is -4.51. The van der Waals surface area contributed by atoms with Gasteiger partial charge in [-0.05, 0) is 66.2 Å². The van der Waals surface area contributed by atoms with Crippen LogP contribution >= 0.6 is 0 Å². The van der Waals surface area contributed by atoms with Gasteiger partial charge in [0.25, 0.3) is 0 Å². The molecule has 0 atom stereocenters. The van der Waals surface area contributed by atoms with E-state index in [-0.39, 0.29) is 0 Å². The lowest BCUT2D eigenvalue weighted by molar-refractivity contribution is 0.297. The first-order chi connectivity index (χ1) is 16.8. The summed E-state index contributed by atoms with van der Waals surface area (Å²) in [4.78, 5) is 7.80. The molecule has 0 saturated carbocycles. The first-order valence-electron chi connectivity index (χ1n) is 11.1. The Morgan fingerprint density at radius 2 is 1.12 bits per heavy atom. The number of aromatic nitrogens is 2. The number of ether oxygens (including phenoxy) is 3. The maximum Gasteiger partial charge on any atom is 0.146 e. The lowest BCUT2D eigenvalue weighted by atomic mass is 10.1. The van der Waals surface area contributed by atoms with E-state index in [0.29, 0.717) is 13.2 Å². The summed E-state index contributed by atoms with van der Waals surface area (Å²) in [5.74, 6) is 3.90. The van der Waals surface area contributed by atoms with Crippen molar-refractivity contribution >= 4 is 0 Å². The fourth-order valence-corrected chi connectivity index (χ4v) is 3.43. The second-order valence-corrected chi connectivity index (χ2v) is 7.71. The first-order valence-corrected chi connectivity index (χ1v) is 11.1. The minimum Gasteiger partial charge on any atom is -0.489 e. The van der Waals surface area contributed by atoms with Crippen molar-refractivity contribution in [2.75, 3.05) is 0 Å². The lowest BCUT2D eigenvalue weighted by Gasteiger charge is -2.09. The number of para-hydroxylation sites is 1. The molecule has 1 heterocycles. The van der Waals surface area contributed by atoms with Crippen LogP contribution in [0.15, 0.2) is 115 Å². The minimum absolute atomic E-state index is 0.385. The van der Waals surface area contributed by atoms with Crippen LogP contribution in [0.2, 0.25) is 0 Å². The van der Waals surface area contributed by atoms with Gasteiger partial charge in [-0.2, -0.15) is 0 Å². The number of rotatable bonds is 9. The number of aromatic amines is 1. The smallest absolute Gasteiger partial charge is 0.146 e. The molecule has 0 unspecified atom stereocenters. The van der Waals surface area contributed by atoms with Crippen molar-refractivity contribution in [3.63, 3.8) is 0 Å². The summed E-state index contributed by atoms with van der Waals surface area (Å²) in [6.45, 7) is 0.923. The Morgan fingerprint density at radius 1 is 0.559 bits per heavy atom. The second kappa shape index (κ2) is 10.4. The van der Waals surface area contributed by atoms with Crippen LogP contribution in [-0.2, 0) is 13.2 Å². The molecule has 0 amide bonds. The predicted molar refractivity (Wildman–Crippen MR) is 132 cm³/mol. The third-order valence-corrected chi connectivity index (χ3v) is 5.21. The number of nitrogens with one attached hydrogen (secondary N) is 1. The molecule has 5 rings (SSSR count). The highest BCUT2D eigenvalue weighted by molar-refractivity contribution is 5.59. The summed E-state index contributed by atoms with van der Waals surface area (Å²) in [7, 11) is 0. The van der Waals surface area contributed by atoms with Gasteiger partial charge in [-0.15, -0.1) is 0 Å². The van der Waals surface area contributed by atoms with Crippen molar-refractivity contribution in [2.24, 2.45) is 0 Å². The summed E-state index contributed by atoms with van der Waals surface area (Å²) in [6, 6.07) is 35.3. The molecule has 0 aliphatic rings.